The highest BCUT2D eigenvalue weighted by molar-refractivity contribution is 8.00. The van der Waals surface area contributed by atoms with E-state index in [0.717, 1.165) is 18.8 Å². The summed E-state index contributed by atoms with van der Waals surface area (Å²) in [6.45, 7) is 6.33. The van der Waals surface area contributed by atoms with E-state index in [4.69, 9.17) is 24.8 Å². The maximum Gasteiger partial charge on any atom is 0.0372 e. The van der Waals surface area contributed by atoms with E-state index in [0.29, 0.717) is 4.32 Å². The smallest absolute Gasteiger partial charge is 0.0372 e. The minimum atomic E-state index is 0.380. The maximum absolute atomic E-state index is 4.80. The molecule has 1 aromatic rings. The molecule has 0 atom stereocenters. The van der Waals surface area contributed by atoms with Crippen LogP contribution in [0.1, 0.15) is 13.8 Å². The number of benzene rings is 1. The van der Waals surface area contributed by atoms with Gasteiger partial charge in [0.25, 0.3) is 0 Å². The fourth-order valence-corrected chi connectivity index (χ4v) is 1.70. The van der Waals surface area contributed by atoms with Crippen LogP contribution in [0.25, 0.3) is 0 Å². The van der Waals surface area contributed by atoms with E-state index in [1.807, 2.05) is 12.1 Å². The van der Waals surface area contributed by atoms with Crippen LogP contribution in [0.5, 0.6) is 0 Å². The molecule has 0 bridgehead atoms. The second kappa shape index (κ2) is 5.88. The second-order valence-corrected chi connectivity index (χ2v) is 4.21. The van der Waals surface area contributed by atoms with Gasteiger partial charge in [-0.05, 0) is 38.1 Å². The van der Waals surface area contributed by atoms with Crippen LogP contribution in [0.2, 0.25) is 0 Å². The second-order valence-electron chi connectivity index (χ2n) is 3.13. The lowest BCUT2D eigenvalue weighted by Gasteiger charge is -2.21. The van der Waals surface area contributed by atoms with Gasteiger partial charge in [-0.3, -0.25) is 0 Å². The van der Waals surface area contributed by atoms with Crippen LogP contribution in [0.4, 0.5) is 11.4 Å². The Balaban J connectivity index is 2.75. The van der Waals surface area contributed by atoms with Gasteiger partial charge < -0.3 is 35.1 Å². The molecule has 0 radical (unpaired) electrons. The lowest BCUT2D eigenvalue weighted by molar-refractivity contribution is 0.866. The first-order chi connectivity index (χ1) is 7.17. The van der Waals surface area contributed by atoms with Gasteiger partial charge >= 0.3 is 0 Å². The monoisotopic (exact) mass is 239 g/mol. The van der Waals surface area contributed by atoms with Gasteiger partial charge in [0.1, 0.15) is 0 Å². The van der Waals surface area contributed by atoms with E-state index in [1.165, 1.54) is 5.69 Å². The Kier molecular flexibility index (Phi) is 4.78. The summed E-state index contributed by atoms with van der Waals surface area (Å²) in [5.41, 5.74) is 2.17. The molecule has 82 valence electrons. The highest BCUT2D eigenvalue weighted by atomic mass is 32.1. The van der Waals surface area contributed by atoms with Crippen molar-refractivity contribution in [2.45, 2.75) is 13.8 Å². The topological polar surface area (TPSA) is 15.3 Å². The van der Waals surface area contributed by atoms with E-state index in [-0.39, 0.29) is 0 Å². The van der Waals surface area contributed by atoms with Gasteiger partial charge in [0.05, 0.1) is 0 Å². The first-order valence-electron chi connectivity index (χ1n) is 5.00. The zero-order valence-corrected chi connectivity index (χ0v) is 10.6. The Morgan fingerprint density at radius 2 is 1.80 bits per heavy atom. The summed E-state index contributed by atoms with van der Waals surface area (Å²) < 4.78 is 0.380. The van der Waals surface area contributed by atoms with Crippen molar-refractivity contribution in [3.05, 3.63) is 24.3 Å². The zero-order chi connectivity index (χ0) is 11.3. The van der Waals surface area contributed by atoms with Crippen LogP contribution in [0.3, 0.4) is 0 Å². The Morgan fingerprint density at radius 3 is 2.20 bits per heavy atom. The third kappa shape index (κ3) is 3.64. The SMILES string of the molecule is CCN(CC)c1ccc(NC(=S)[S-])cc1. The molecule has 1 N–H and O–H groups in total. The third-order valence-corrected chi connectivity index (χ3v) is 2.45. The predicted molar refractivity (Wildman–Crippen MR) is 73.6 cm³/mol. The molecule has 0 aliphatic rings. The fraction of sp³-hybridized carbons (Fsp3) is 0.364. The van der Waals surface area contributed by atoms with E-state index < -0.39 is 0 Å². The van der Waals surface area contributed by atoms with Gasteiger partial charge in [-0.2, -0.15) is 0 Å². The number of hydrogen-bond acceptors (Lipinski definition) is 3. The third-order valence-electron chi connectivity index (χ3n) is 2.24. The number of anilines is 2. The van der Waals surface area contributed by atoms with Gasteiger partial charge in [0.2, 0.25) is 0 Å². The highest BCUT2D eigenvalue weighted by Crippen LogP contribution is 2.17. The molecule has 0 heterocycles. The molecule has 1 rings (SSSR count). The summed E-state index contributed by atoms with van der Waals surface area (Å²) in [5.74, 6) is 0. The molecule has 0 aromatic heterocycles. The van der Waals surface area contributed by atoms with Crippen LogP contribution in [0.15, 0.2) is 24.3 Å². The average Bonchev–Trinajstić information content (AvgIpc) is 2.21. The largest absolute Gasteiger partial charge is 0.411 e. The average molecular weight is 239 g/mol. The lowest BCUT2D eigenvalue weighted by atomic mass is 10.2. The Labute approximate surface area is 102 Å². The zero-order valence-electron chi connectivity index (χ0n) is 8.99. The van der Waals surface area contributed by atoms with Crippen LogP contribution >= 0.6 is 12.2 Å². The van der Waals surface area contributed by atoms with E-state index in [2.05, 4.69) is 36.2 Å². The van der Waals surface area contributed by atoms with Crippen LogP contribution in [-0.2, 0) is 12.6 Å². The summed E-state index contributed by atoms with van der Waals surface area (Å²) in [7, 11) is 0. The molecule has 0 aliphatic carbocycles. The molecular formula is C11H15N2S2-. The van der Waals surface area contributed by atoms with Gasteiger partial charge in [0, 0.05) is 24.5 Å². The Hall–Kier alpha value is -0.870. The van der Waals surface area contributed by atoms with Crippen LogP contribution in [0, 0.1) is 0 Å². The van der Waals surface area contributed by atoms with Crippen molar-refractivity contribution in [3.8, 4) is 0 Å². The number of rotatable bonds is 4. The molecule has 0 amide bonds. The lowest BCUT2D eigenvalue weighted by Crippen LogP contribution is -2.21. The molecule has 0 fully saturated rings. The van der Waals surface area contributed by atoms with Gasteiger partial charge in [-0.25, -0.2) is 0 Å². The molecule has 0 saturated carbocycles. The van der Waals surface area contributed by atoms with Crippen LogP contribution < -0.4 is 10.2 Å². The van der Waals surface area contributed by atoms with Crippen molar-refractivity contribution in [1.82, 2.24) is 0 Å². The number of nitrogens with zero attached hydrogens (tertiary/aromatic N) is 1. The number of hydrogen-bond donors (Lipinski definition) is 1. The van der Waals surface area contributed by atoms with Crippen molar-refractivity contribution in [3.63, 3.8) is 0 Å². The highest BCUT2D eigenvalue weighted by Gasteiger charge is 2.00. The molecular weight excluding hydrogens is 224 g/mol. The fourth-order valence-electron chi connectivity index (χ4n) is 1.46. The summed E-state index contributed by atoms with van der Waals surface area (Å²) in [6, 6.07) is 8.13. The standard InChI is InChI=1S/C11H16N2S2/c1-3-13(4-2)10-7-5-9(6-8-10)12-11(14)15/h5-8H,3-4H2,1-2H3,(H2,12,14,15)/p-1. The molecule has 15 heavy (non-hydrogen) atoms. The van der Waals surface area contributed by atoms with E-state index in [1.54, 1.807) is 0 Å². The van der Waals surface area contributed by atoms with Gasteiger partial charge in [-0.1, -0.05) is 4.32 Å². The quantitative estimate of drug-likeness (QED) is 0.641. The molecule has 1 aromatic carbocycles. The number of nitrogens with one attached hydrogen (secondary N) is 1. The summed E-state index contributed by atoms with van der Waals surface area (Å²) in [4.78, 5) is 2.29. The maximum atomic E-state index is 4.80. The molecule has 0 unspecified atom stereocenters. The minimum absolute atomic E-state index is 0.380. The first kappa shape index (κ1) is 12.2. The van der Waals surface area contributed by atoms with Crippen molar-refractivity contribution >= 4 is 40.5 Å². The molecule has 0 saturated heterocycles. The summed E-state index contributed by atoms with van der Waals surface area (Å²) in [5, 5.41) is 2.93. The van der Waals surface area contributed by atoms with E-state index >= 15 is 0 Å². The molecule has 0 aliphatic heterocycles. The predicted octanol–water partition coefficient (Wildman–Crippen LogP) is 2.78. The van der Waals surface area contributed by atoms with Crippen molar-refractivity contribution in [2.75, 3.05) is 23.3 Å². The first-order valence-corrected chi connectivity index (χ1v) is 5.82. The van der Waals surface area contributed by atoms with Crippen LogP contribution in [-0.4, -0.2) is 17.4 Å². The Bertz CT molecular complexity index is 318. The van der Waals surface area contributed by atoms with Crippen molar-refractivity contribution in [1.29, 1.82) is 0 Å². The van der Waals surface area contributed by atoms with E-state index in [9.17, 15) is 0 Å². The number of thiocarbonyl (C=S) groups is 1. The van der Waals surface area contributed by atoms with Crippen molar-refractivity contribution < 1.29 is 0 Å². The van der Waals surface area contributed by atoms with Gasteiger partial charge in [0.15, 0.2) is 0 Å². The summed E-state index contributed by atoms with van der Waals surface area (Å²) >= 11 is 9.60. The van der Waals surface area contributed by atoms with Gasteiger partial charge in [-0.15, -0.1) is 0 Å². The van der Waals surface area contributed by atoms with Crippen molar-refractivity contribution in [2.24, 2.45) is 0 Å². The molecule has 0 spiro atoms. The Morgan fingerprint density at radius 1 is 1.27 bits per heavy atom. The molecule has 2 nitrogen and oxygen atoms in total. The molecule has 4 heteroatoms. The summed E-state index contributed by atoms with van der Waals surface area (Å²) in [6.07, 6.45) is 0. The normalized spacial score (nSPS) is 9.73. The minimum Gasteiger partial charge on any atom is -0.411 e.